The van der Waals surface area contributed by atoms with Gasteiger partial charge in [0.25, 0.3) is 5.91 Å². The number of benzene rings is 1. The number of amides is 2. The van der Waals surface area contributed by atoms with Gasteiger partial charge in [-0.15, -0.1) is 0 Å². The third kappa shape index (κ3) is 5.50. The fraction of sp³-hybridized carbons (Fsp3) is 0.500. The van der Waals surface area contributed by atoms with E-state index in [1.807, 2.05) is 6.92 Å². The molecule has 202 valence electrons. The number of ether oxygens (including phenoxy) is 1. The molecule has 2 fully saturated rings. The number of nitrogens with zero attached hydrogens (tertiary/aromatic N) is 2. The monoisotopic (exact) mass is 523 g/mol. The van der Waals surface area contributed by atoms with Crippen LogP contribution in [0, 0.1) is 25.6 Å². The number of aromatic nitrogens is 3. The van der Waals surface area contributed by atoms with Gasteiger partial charge in [-0.1, -0.05) is 0 Å². The lowest BCUT2D eigenvalue weighted by Gasteiger charge is -2.30. The minimum absolute atomic E-state index is 0.00845. The molecule has 0 radical (unpaired) electrons. The molecule has 4 N–H and O–H groups in total. The predicted molar refractivity (Wildman–Crippen MR) is 140 cm³/mol. The fourth-order valence-corrected chi connectivity index (χ4v) is 5.02. The van der Waals surface area contributed by atoms with E-state index in [9.17, 15) is 19.1 Å². The average molecular weight is 524 g/mol. The Morgan fingerprint density at radius 3 is 2.45 bits per heavy atom. The van der Waals surface area contributed by atoms with E-state index in [0.29, 0.717) is 70.2 Å². The molecule has 2 aromatic heterocycles. The van der Waals surface area contributed by atoms with Crippen molar-refractivity contribution in [3.63, 3.8) is 0 Å². The molecule has 0 unspecified atom stereocenters. The first-order chi connectivity index (χ1) is 18.2. The van der Waals surface area contributed by atoms with Crippen molar-refractivity contribution in [2.24, 2.45) is 5.92 Å². The van der Waals surface area contributed by atoms with Crippen LogP contribution in [-0.2, 0) is 4.79 Å². The predicted octanol–water partition coefficient (Wildman–Crippen LogP) is 3.71. The van der Waals surface area contributed by atoms with Gasteiger partial charge in [0.1, 0.15) is 35.2 Å². The molecule has 2 amide bonds. The van der Waals surface area contributed by atoms with Gasteiger partial charge in [0.2, 0.25) is 5.91 Å². The van der Waals surface area contributed by atoms with Crippen molar-refractivity contribution in [2.45, 2.75) is 77.5 Å². The summed E-state index contributed by atoms with van der Waals surface area (Å²) in [5.74, 6) is -0.00845. The molecule has 3 aromatic rings. The summed E-state index contributed by atoms with van der Waals surface area (Å²) in [6.45, 7) is 5.50. The van der Waals surface area contributed by atoms with E-state index < -0.39 is 6.10 Å². The van der Waals surface area contributed by atoms with Gasteiger partial charge in [-0.25, -0.2) is 14.4 Å². The Balaban J connectivity index is 1.37. The van der Waals surface area contributed by atoms with E-state index in [-0.39, 0.29) is 29.7 Å². The molecule has 2 aliphatic rings. The van der Waals surface area contributed by atoms with E-state index in [1.165, 1.54) is 19.3 Å². The van der Waals surface area contributed by atoms with Crippen molar-refractivity contribution in [3.05, 3.63) is 41.1 Å². The molecule has 0 bridgehead atoms. The summed E-state index contributed by atoms with van der Waals surface area (Å²) in [7, 11) is 0. The number of aliphatic hydroxyl groups is 1. The summed E-state index contributed by atoms with van der Waals surface area (Å²) in [5, 5.41) is 15.4. The number of H-pyrrole nitrogens is 1. The minimum atomic E-state index is -1.04. The summed E-state index contributed by atoms with van der Waals surface area (Å²) in [6, 6.07) is 3.09. The highest BCUT2D eigenvalue weighted by Gasteiger charge is 2.28. The number of aryl methyl sites for hydroxylation is 2. The highest BCUT2D eigenvalue weighted by molar-refractivity contribution is 6.09. The molecule has 2 saturated carbocycles. The van der Waals surface area contributed by atoms with Crippen LogP contribution in [0.3, 0.4) is 0 Å². The molecule has 1 atom stereocenters. The topological polar surface area (TPSA) is 129 Å². The van der Waals surface area contributed by atoms with Gasteiger partial charge in [0, 0.05) is 29.4 Å². The Kier molecular flexibility index (Phi) is 7.34. The Morgan fingerprint density at radius 1 is 1.11 bits per heavy atom. The number of carbonyl (C=O) groups is 2. The van der Waals surface area contributed by atoms with Crippen LogP contribution in [0.4, 0.5) is 4.39 Å². The first-order valence-electron chi connectivity index (χ1n) is 13.3. The first-order valence-corrected chi connectivity index (χ1v) is 13.3. The van der Waals surface area contributed by atoms with Crippen LogP contribution < -0.4 is 15.4 Å². The first kappa shape index (κ1) is 26.1. The second-order valence-electron chi connectivity index (χ2n) is 10.6. The third-order valence-electron chi connectivity index (χ3n) is 7.47. The molecular weight excluding hydrogens is 489 g/mol. The number of hydrogen-bond donors (Lipinski definition) is 4. The number of fused-ring (bicyclic) bond motifs is 1. The molecule has 2 aliphatic carbocycles. The van der Waals surface area contributed by atoms with Crippen LogP contribution in [0.25, 0.3) is 22.3 Å². The van der Waals surface area contributed by atoms with Gasteiger partial charge in [-0.2, -0.15) is 0 Å². The van der Waals surface area contributed by atoms with Crippen LogP contribution in [0.5, 0.6) is 5.75 Å². The SMILES string of the molecule is Cc1cc(-c2ncnc3c(C(=O)N[C@H]4CC[C@H](NC(=O)[C@H](C)O)CC4)c(C)[nH]c23)c(OCC2CC2)cc1F. The van der Waals surface area contributed by atoms with E-state index in [1.54, 1.807) is 13.0 Å². The van der Waals surface area contributed by atoms with Crippen molar-refractivity contribution in [2.75, 3.05) is 6.61 Å². The number of carbonyl (C=O) groups excluding carboxylic acids is 2. The zero-order chi connectivity index (χ0) is 27.0. The van der Waals surface area contributed by atoms with Crippen molar-refractivity contribution >= 4 is 22.8 Å². The van der Waals surface area contributed by atoms with Gasteiger partial charge in [-0.05, 0) is 76.8 Å². The number of aromatic amines is 1. The van der Waals surface area contributed by atoms with E-state index >= 15 is 0 Å². The largest absolute Gasteiger partial charge is 0.492 e. The van der Waals surface area contributed by atoms with Crippen LogP contribution in [0.2, 0.25) is 0 Å². The lowest BCUT2D eigenvalue weighted by Crippen LogP contribution is -2.46. The van der Waals surface area contributed by atoms with Crippen molar-refractivity contribution in [3.8, 4) is 17.0 Å². The smallest absolute Gasteiger partial charge is 0.255 e. The summed E-state index contributed by atoms with van der Waals surface area (Å²) in [4.78, 5) is 37.4. The maximum absolute atomic E-state index is 14.4. The molecular formula is C28H34FN5O4. The van der Waals surface area contributed by atoms with Gasteiger partial charge < -0.3 is 25.5 Å². The van der Waals surface area contributed by atoms with Gasteiger partial charge in [0.05, 0.1) is 17.7 Å². The van der Waals surface area contributed by atoms with E-state index in [0.717, 1.165) is 25.7 Å². The Morgan fingerprint density at radius 2 is 1.79 bits per heavy atom. The number of rotatable bonds is 8. The van der Waals surface area contributed by atoms with Crippen LogP contribution >= 0.6 is 0 Å². The average Bonchev–Trinajstić information content (AvgIpc) is 3.65. The Hall–Kier alpha value is -3.53. The van der Waals surface area contributed by atoms with Crippen molar-refractivity contribution in [1.29, 1.82) is 0 Å². The highest BCUT2D eigenvalue weighted by Crippen LogP contribution is 2.37. The number of aliphatic hydroxyl groups excluding tert-OH is 1. The maximum atomic E-state index is 14.4. The maximum Gasteiger partial charge on any atom is 0.255 e. The van der Waals surface area contributed by atoms with Gasteiger partial charge in [-0.3, -0.25) is 9.59 Å². The standard InChI is InChI=1S/C28H34FN5O4/c1-14-10-20(22(11-21(14)29)38-12-17-4-5-17)24-26-25(31-13-30-24)23(15(2)32-26)28(37)34-19-8-6-18(7-9-19)33-27(36)16(3)35/h10-11,13,16-19,32,35H,4-9,12H2,1-3H3,(H,33,36)(H,34,37)/t16-,18-,19-/m0/s1. The molecule has 0 spiro atoms. The second kappa shape index (κ2) is 10.7. The molecule has 9 nitrogen and oxygen atoms in total. The van der Waals surface area contributed by atoms with E-state index in [4.69, 9.17) is 4.74 Å². The molecule has 0 aliphatic heterocycles. The molecule has 1 aromatic carbocycles. The van der Waals surface area contributed by atoms with Crippen molar-refractivity contribution < 1.29 is 23.8 Å². The normalized spacial score (nSPS) is 20.2. The molecule has 2 heterocycles. The number of nitrogens with one attached hydrogen (secondary N) is 3. The molecule has 10 heteroatoms. The van der Waals surface area contributed by atoms with Crippen LogP contribution in [0.1, 0.15) is 67.1 Å². The van der Waals surface area contributed by atoms with E-state index in [2.05, 4.69) is 25.6 Å². The number of hydrogen-bond acceptors (Lipinski definition) is 6. The number of halogens is 1. The van der Waals surface area contributed by atoms with Crippen LogP contribution in [0.15, 0.2) is 18.5 Å². The molecule has 0 saturated heterocycles. The minimum Gasteiger partial charge on any atom is -0.492 e. The lowest BCUT2D eigenvalue weighted by atomic mass is 9.90. The van der Waals surface area contributed by atoms with Crippen molar-refractivity contribution in [1.82, 2.24) is 25.6 Å². The second-order valence-corrected chi connectivity index (χ2v) is 10.6. The third-order valence-corrected chi connectivity index (χ3v) is 7.47. The Bertz CT molecular complexity index is 1360. The van der Waals surface area contributed by atoms with Crippen LogP contribution in [-0.4, -0.2) is 56.7 Å². The summed E-state index contributed by atoms with van der Waals surface area (Å²) >= 11 is 0. The van der Waals surface area contributed by atoms with Gasteiger partial charge >= 0.3 is 0 Å². The highest BCUT2D eigenvalue weighted by atomic mass is 19.1. The fourth-order valence-electron chi connectivity index (χ4n) is 5.02. The summed E-state index contributed by atoms with van der Waals surface area (Å²) in [6.07, 6.45) is 5.49. The summed E-state index contributed by atoms with van der Waals surface area (Å²) in [5.41, 5.74) is 3.90. The summed E-state index contributed by atoms with van der Waals surface area (Å²) < 4.78 is 20.4. The molecule has 38 heavy (non-hydrogen) atoms. The lowest BCUT2D eigenvalue weighted by molar-refractivity contribution is -0.129. The zero-order valence-electron chi connectivity index (χ0n) is 21.9. The quantitative estimate of drug-likeness (QED) is 0.356. The van der Waals surface area contributed by atoms with Gasteiger partial charge in [0.15, 0.2) is 0 Å². The zero-order valence-corrected chi connectivity index (χ0v) is 21.9. The molecule has 5 rings (SSSR count). The Labute approximate surface area is 220 Å².